The number of hydrogen-bond donors (Lipinski definition) is 1. The lowest BCUT2D eigenvalue weighted by Gasteiger charge is -2.26. The highest BCUT2D eigenvalue weighted by Gasteiger charge is 2.29. The molecule has 11 heteroatoms. The molecule has 9 nitrogen and oxygen atoms in total. The number of nitrogens with one attached hydrogen (secondary N) is 1. The molecule has 0 radical (unpaired) electrons. The lowest BCUT2D eigenvalue weighted by atomic mass is 10.1. The predicted molar refractivity (Wildman–Crippen MR) is 151 cm³/mol. The first kappa shape index (κ1) is 28.6. The first-order valence-electron chi connectivity index (χ1n) is 12.8. The fourth-order valence-corrected chi connectivity index (χ4v) is 7.44. The third-order valence-electron chi connectivity index (χ3n) is 6.65. The number of carbonyl (C=O) groups is 1. The summed E-state index contributed by atoms with van der Waals surface area (Å²) in [7, 11) is -6.43. The van der Waals surface area contributed by atoms with Gasteiger partial charge < -0.3 is 10.1 Å². The van der Waals surface area contributed by atoms with Crippen LogP contribution in [0.1, 0.15) is 31.7 Å². The number of sulfonamides is 2. The normalized spacial score (nSPS) is 14.5. The predicted octanol–water partition coefficient (Wildman–Crippen LogP) is 4.27. The SMILES string of the molecule is CCc1ccc(N(CC(=O)Nc2cc(S(=O)(=O)N3CCCCC3)ccc2OC)S(=O)(=O)c2ccccc2)cc1. The Morgan fingerprint density at radius 2 is 1.56 bits per heavy atom. The molecule has 0 atom stereocenters. The minimum absolute atomic E-state index is 0.0319. The molecule has 0 spiro atoms. The zero-order valence-corrected chi connectivity index (χ0v) is 23.7. The Morgan fingerprint density at radius 3 is 2.18 bits per heavy atom. The van der Waals surface area contributed by atoms with E-state index in [1.807, 2.05) is 19.1 Å². The molecule has 0 aliphatic carbocycles. The van der Waals surface area contributed by atoms with E-state index >= 15 is 0 Å². The third-order valence-corrected chi connectivity index (χ3v) is 10.3. The molecule has 3 aromatic carbocycles. The molecular weight excluding hydrogens is 538 g/mol. The molecule has 1 N–H and O–H groups in total. The number of piperidine rings is 1. The van der Waals surface area contributed by atoms with Crippen LogP contribution in [0.15, 0.2) is 82.6 Å². The number of nitrogens with zero attached hydrogens (tertiary/aromatic N) is 2. The van der Waals surface area contributed by atoms with Gasteiger partial charge in [-0.2, -0.15) is 4.31 Å². The molecule has 1 fully saturated rings. The summed E-state index contributed by atoms with van der Waals surface area (Å²) in [5, 5.41) is 2.67. The van der Waals surface area contributed by atoms with Crippen molar-refractivity contribution in [2.75, 3.05) is 36.4 Å². The number of hydrogen-bond acceptors (Lipinski definition) is 6. The molecule has 208 valence electrons. The van der Waals surface area contributed by atoms with Gasteiger partial charge in [0.2, 0.25) is 15.9 Å². The van der Waals surface area contributed by atoms with Crippen molar-refractivity contribution in [2.45, 2.75) is 42.4 Å². The van der Waals surface area contributed by atoms with Crippen LogP contribution in [-0.4, -0.2) is 53.8 Å². The Hall–Kier alpha value is -3.41. The van der Waals surface area contributed by atoms with Gasteiger partial charge in [0.1, 0.15) is 12.3 Å². The van der Waals surface area contributed by atoms with Crippen molar-refractivity contribution < 1.29 is 26.4 Å². The Kier molecular flexibility index (Phi) is 8.94. The van der Waals surface area contributed by atoms with Crippen molar-refractivity contribution in [1.82, 2.24) is 4.31 Å². The van der Waals surface area contributed by atoms with Gasteiger partial charge in [-0.3, -0.25) is 9.10 Å². The largest absolute Gasteiger partial charge is 0.495 e. The number of amides is 1. The second-order valence-electron chi connectivity index (χ2n) is 9.22. The van der Waals surface area contributed by atoms with Crippen LogP contribution < -0.4 is 14.4 Å². The number of aryl methyl sites for hydroxylation is 1. The fraction of sp³-hybridized carbons (Fsp3) is 0.321. The topological polar surface area (TPSA) is 113 Å². The number of benzene rings is 3. The molecule has 0 saturated carbocycles. The van der Waals surface area contributed by atoms with Crippen molar-refractivity contribution >= 4 is 37.3 Å². The van der Waals surface area contributed by atoms with Gasteiger partial charge in [-0.25, -0.2) is 16.8 Å². The lowest BCUT2D eigenvalue weighted by molar-refractivity contribution is -0.114. The van der Waals surface area contributed by atoms with Gasteiger partial charge in [0.15, 0.2) is 0 Å². The average Bonchev–Trinajstić information content (AvgIpc) is 2.96. The van der Waals surface area contributed by atoms with Gasteiger partial charge in [-0.15, -0.1) is 0 Å². The first-order valence-corrected chi connectivity index (χ1v) is 15.7. The van der Waals surface area contributed by atoms with Crippen LogP contribution in [0.25, 0.3) is 0 Å². The van der Waals surface area contributed by atoms with Gasteiger partial charge in [0.25, 0.3) is 10.0 Å². The fourth-order valence-electron chi connectivity index (χ4n) is 4.45. The number of carbonyl (C=O) groups excluding carboxylic acids is 1. The van der Waals surface area contributed by atoms with Gasteiger partial charge >= 0.3 is 0 Å². The summed E-state index contributed by atoms with van der Waals surface area (Å²) in [6.07, 6.45) is 3.36. The maximum Gasteiger partial charge on any atom is 0.264 e. The smallest absolute Gasteiger partial charge is 0.264 e. The minimum atomic E-state index is -4.08. The van der Waals surface area contributed by atoms with Crippen molar-refractivity contribution in [3.63, 3.8) is 0 Å². The Balaban J connectivity index is 1.64. The summed E-state index contributed by atoms with van der Waals surface area (Å²) < 4.78 is 61.5. The van der Waals surface area contributed by atoms with Crippen LogP contribution in [0.5, 0.6) is 5.75 Å². The van der Waals surface area contributed by atoms with Gasteiger partial charge in [-0.1, -0.05) is 43.7 Å². The monoisotopic (exact) mass is 571 g/mol. The number of methoxy groups -OCH3 is 1. The van der Waals surface area contributed by atoms with Crippen molar-refractivity contribution in [3.05, 3.63) is 78.4 Å². The first-order chi connectivity index (χ1) is 18.7. The van der Waals surface area contributed by atoms with Crippen LogP contribution in [0, 0.1) is 0 Å². The van der Waals surface area contributed by atoms with Crippen LogP contribution >= 0.6 is 0 Å². The maximum absolute atomic E-state index is 13.6. The summed E-state index contributed by atoms with van der Waals surface area (Å²) in [6, 6.07) is 19.1. The molecule has 0 bridgehead atoms. The molecule has 39 heavy (non-hydrogen) atoms. The van der Waals surface area contributed by atoms with Crippen LogP contribution in [0.3, 0.4) is 0 Å². The van der Waals surface area contributed by atoms with E-state index in [1.54, 1.807) is 30.3 Å². The number of anilines is 2. The second kappa shape index (κ2) is 12.2. The van der Waals surface area contributed by atoms with Crippen molar-refractivity contribution in [1.29, 1.82) is 0 Å². The molecule has 3 aromatic rings. The molecule has 1 saturated heterocycles. The van der Waals surface area contributed by atoms with E-state index in [-0.39, 0.29) is 21.2 Å². The highest BCUT2D eigenvalue weighted by atomic mass is 32.2. The van der Waals surface area contributed by atoms with E-state index in [1.165, 1.54) is 41.7 Å². The highest BCUT2D eigenvalue weighted by molar-refractivity contribution is 7.92. The molecule has 1 amide bonds. The molecule has 0 unspecified atom stereocenters. The van der Waals surface area contributed by atoms with E-state index in [4.69, 9.17) is 4.74 Å². The van der Waals surface area contributed by atoms with Gasteiger partial charge in [-0.05, 0) is 67.3 Å². The minimum Gasteiger partial charge on any atom is -0.495 e. The van der Waals surface area contributed by atoms with Crippen molar-refractivity contribution in [2.24, 2.45) is 0 Å². The zero-order valence-electron chi connectivity index (χ0n) is 22.0. The third kappa shape index (κ3) is 6.43. The zero-order chi connectivity index (χ0) is 28.0. The standard InChI is InChI=1S/C28H33N3O6S2/c1-3-22-12-14-23(15-13-22)31(39(35,36)24-10-6-4-7-11-24)21-28(32)29-26-20-25(16-17-27(26)37-2)38(33,34)30-18-8-5-9-19-30/h4,6-7,10-17,20H,3,5,8-9,18-19,21H2,1-2H3,(H,29,32). The number of rotatable bonds is 10. The van der Waals surface area contributed by atoms with E-state index in [9.17, 15) is 21.6 Å². The average molecular weight is 572 g/mol. The molecule has 4 rings (SSSR count). The Bertz CT molecular complexity index is 1500. The van der Waals surface area contributed by atoms with Crippen LogP contribution in [-0.2, 0) is 31.3 Å². The molecule has 1 heterocycles. The van der Waals surface area contributed by atoms with Gasteiger partial charge in [0.05, 0.1) is 28.3 Å². The number of ether oxygens (including phenoxy) is 1. The maximum atomic E-state index is 13.6. The summed E-state index contributed by atoms with van der Waals surface area (Å²) in [5.74, 6) is -0.398. The summed E-state index contributed by atoms with van der Waals surface area (Å²) in [5.41, 5.74) is 1.50. The van der Waals surface area contributed by atoms with Gasteiger partial charge in [0, 0.05) is 13.1 Å². The lowest BCUT2D eigenvalue weighted by Crippen LogP contribution is -2.38. The van der Waals surface area contributed by atoms with Crippen LogP contribution in [0.2, 0.25) is 0 Å². The van der Waals surface area contributed by atoms with E-state index < -0.39 is 32.5 Å². The summed E-state index contributed by atoms with van der Waals surface area (Å²) >= 11 is 0. The Labute approximate surface area is 230 Å². The summed E-state index contributed by atoms with van der Waals surface area (Å²) in [6.45, 7) is 2.35. The summed E-state index contributed by atoms with van der Waals surface area (Å²) in [4.78, 5) is 13.4. The Morgan fingerprint density at radius 1 is 0.897 bits per heavy atom. The van der Waals surface area contributed by atoms with Crippen LogP contribution in [0.4, 0.5) is 11.4 Å². The molecule has 1 aliphatic rings. The van der Waals surface area contributed by atoms with E-state index in [2.05, 4.69) is 5.32 Å². The molecule has 0 aromatic heterocycles. The molecule has 1 aliphatic heterocycles. The van der Waals surface area contributed by atoms with E-state index in [0.717, 1.165) is 35.6 Å². The second-order valence-corrected chi connectivity index (χ2v) is 13.0. The molecular formula is C28H33N3O6S2. The van der Waals surface area contributed by atoms with E-state index in [0.29, 0.717) is 18.8 Å². The quantitative estimate of drug-likeness (QED) is 0.389. The highest BCUT2D eigenvalue weighted by Crippen LogP contribution is 2.31. The van der Waals surface area contributed by atoms with Crippen molar-refractivity contribution in [3.8, 4) is 5.75 Å².